The van der Waals surface area contributed by atoms with Crippen LogP contribution in [-0.2, 0) is 6.42 Å². The zero-order valence-corrected chi connectivity index (χ0v) is 11.0. The first-order valence-electron chi connectivity index (χ1n) is 6.45. The van der Waals surface area contributed by atoms with Crippen LogP contribution in [0.1, 0.15) is 17.7 Å². The van der Waals surface area contributed by atoms with Gasteiger partial charge in [0, 0.05) is 0 Å². The van der Waals surface area contributed by atoms with Gasteiger partial charge >= 0.3 is 0 Å². The van der Waals surface area contributed by atoms with E-state index in [0.717, 1.165) is 6.42 Å². The van der Waals surface area contributed by atoms with Crippen molar-refractivity contribution in [3.63, 3.8) is 0 Å². The predicted octanol–water partition coefficient (Wildman–Crippen LogP) is 1.13. The number of H-pyrrole nitrogens is 1. The Balaban J connectivity index is 2.00. The van der Waals surface area contributed by atoms with Gasteiger partial charge < -0.3 is 10.1 Å². The summed E-state index contributed by atoms with van der Waals surface area (Å²) in [7, 11) is 0. The van der Waals surface area contributed by atoms with Crippen molar-refractivity contribution in [3.8, 4) is 0 Å². The molecule has 0 radical (unpaired) electrons. The number of nitrogens with zero attached hydrogens (tertiary/aromatic N) is 2. The number of imidazole rings is 1. The summed E-state index contributed by atoms with van der Waals surface area (Å²) in [4.78, 5) is 11.0. The molecule has 1 aromatic heterocycles. The van der Waals surface area contributed by atoms with Crippen molar-refractivity contribution in [1.82, 2.24) is 15.4 Å². The number of amidine groups is 1. The fourth-order valence-corrected chi connectivity index (χ4v) is 1.90. The molecule has 1 unspecified atom stereocenters. The first-order chi connectivity index (χ1) is 9.83. The van der Waals surface area contributed by atoms with Crippen molar-refractivity contribution >= 4 is 5.84 Å². The molecule has 6 heteroatoms. The summed E-state index contributed by atoms with van der Waals surface area (Å²) < 4.78 is 0. The lowest BCUT2D eigenvalue weighted by Crippen LogP contribution is -2.25. The van der Waals surface area contributed by atoms with E-state index in [2.05, 4.69) is 15.0 Å². The number of hydrogen-bond donors (Lipinski definition) is 4. The van der Waals surface area contributed by atoms with Crippen LogP contribution in [0, 0.1) is 0 Å². The molecule has 1 heterocycles. The third kappa shape index (κ3) is 3.91. The van der Waals surface area contributed by atoms with Crippen molar-refractivity contribution in [2.45, 2.75) is 18.9 Å². The SMILES string of the molecule is OCC(CCc1ccccc1)N=C(NO)c1cnc[nH]1. The minimum atomic E-state index is -0.284. The van der Waals surface area contributed by atoms with Gasteiger partial charge in [0.1, 0.15) is 5.69 Å². The van der Waals surface area contributed by atoms with Crippen LogP contribution in [0.5, 0.6) is 0 Å². The highest BCUT2D eigenvalue weighted by molar-refractivity contribution is 5.96. The summed E-state index contributed by atoms with van der Waals surface area (Å²) in [6, 6.07) is 9.73. The lowest BCUT2D eigenvalue weighted by Gasteiger charge is -2.11. The van der Waals surface area contributed by atoms with Gasteiger partial charge in [0.25, 0.3) is 0 Å². The number of benzene rings is 1. The second-order valence-electron chi connectivity index (χ2n) is 4.42. The number of aromatic nitrogens is 2. The van der Waals surface area contributed by atoms with Gasteiger partial charge in [-0.05, 0) is 18.4 Å². The third-order valence-electron chi connectivity index (χ3n) is 2.99. The molecule has 2 aromatic rings. The highest BCUT2D eigenvalue weighted by Crippen LogP contribution is 2.08. The Morgan fingerprint density at radius 3 is 2.75 bits per heavy atom. The Labute approximate surface area is 117 Å². The summed E-state index contributed by atoms with van der Waals surface area (Å²) in [5.41, 5.74) is 3.81. The molecule has 1 atom stereocenters. The van der Waals surface area contributed by atoms with Gasteiger partial charge in [-0.3, -0.25) is 15.7 Å². The second-order valence-corrected chi connectivity index (χ2v) is 4.42. The maximum Gasteiger partial charge on any atom is 0.170 e. The highest BCUT2D eigenvalue weighted by atomic mass is 16.5. The number of aliphatic hydroxyl groups is 1. The zero-order valence-electron chi connectivity index (χ0n) is 11.0. The van der Waals surface area contributed by atoms with Gasteiger partial charge in [0.05, 0.1) is 25.2 Å². The van der Waals surface area contributed by atoms with Crippen LogP contribution in [0.15, 0.2) is 47.8 Å². The van der Waals surface area contributed by atoms with Crippen LogP contribution in [0.4, 0.5) is 0 Å². The van der Waals surface area contributed by atoms with E-state index < -0.39 is 0 Å². The largest absolute Gasteiger partial charge is 0.394 e. The molecule has 0 aliphatic rings. The summed E-state index contributed by atoms with van der Waals surface area (Å²) in [5, 5.41) is 18.5. The van der Waals surface area contributed by atoms with Gasteiger partial charge in [0.2, 0.25) is 0 Å². The van der Waals surface area contributed by atoms with E-state index in [9.17, 15) is 5.11 Å². The van der Waals surface area contributed by atoms with Crippen LogP contribution in [-0.4, -0.2) is 38.8 Å². The number of aliphatic hydroxyl groups excluding tert-OH is 1. The average molecular weight is 274 g/mol. The Bertz CT molecular complexity index is 525. The van der Waals surface area contributed by atoms with Gasteiger partial charge in [-0.15, -0.1) is 0 Å². The second kappa shape index (κ2) is 7.42. The normalized spacial score (nSPS) is 13.2. The molecule has 0 aliphatic carbocycles. The Kier molecular flexibility index (Phi) is 5.28. The number of aryl methyl sites for hydroxylation is 1. The molecule has 0 aliphatic heterocycles. The molecular weight excluding hydrogens is 256 g/mol. The Morgan fingerprint density at radius 1 is 1.35 bits per heavy atom. The van der Waals surface area contributed by atoms with Gasteiger partial charge in [-0.2, -0.15) is 0 Å². The molecule has 0 bridgehead atoms. The monoisotopic (exact) mass is 274 g/mol. The first-order valence-corrected chi connectivity index (χ1v) is 6.45. The molecule has 0 amide bonds. The minimum Gasteiger partial charge on any atom is -0.394 e. The zero-order chi connectivity index (χ0) is 14.2. The third-order valence-corrected chi connectivity index (χ3v) is 2.99. The Morgan fingerprint density at radius 2 is 2.15 bits per heavy atom. The standard InChI is InChI=1S/C14H18N4O2/c19-9-12(7-6-11-4-2-1-3-5-11)17-14(18-20)13-8-15-10-16-13/h1-5,8,10,12,19-20H,6-7,9H2,(H,15,16)(H,17,18). The van der Waals surface area contributed by atoms with Crippen LogP contribution >= 0.6 is 0 Å². The molecule has 4 N–H and O–H groups in total. The molecule has 0 fully saturated rings. The van der Waals surface area contributed by atoms with Crippen molar-refractivity contribution in [1.29, 1.82) is 0 Å². The molecule has 1 aromatic carbocycles. The maximum atomic E-state index is 9.40. The first kappa shape index (κ1) is 14.2. The molecule has 0 spiro atoms. The van der Waals surface area contributed by atoms with Crippen molar-refractivity contribution in [3.05, 3.63) is 54.1 Å². The fraction of sp³-hybridized carbons (Fsp3) is 0.286. The number of aliphatic imine (C=N–C) groups is 1. The molecule has 2 rings (SSSR count). The highest BCUT2D eigenvalue weighted by Gasteiger charge is 2.10. The van der Waals surface area contributed by atoms with Crippen molar-refractivity contribution in [2.24, 2.45) is 4.99 Å². The van der Waals surface area contributed by atoms with E-state index in [4.69, 9.17) is 5.21 Å². The topological polar surface area (TPSA) is 93.5 Å². The van der Waals surface area contributed by atoms with E-state index in [1.165, 1.54) is 11.9 Å². The van der Waals surface area contributed by atoms with Crippen LogP contribution in [0.25, 0.3) is 0 Å². The number of hydroxylamine groups is 1. The summed E-state index contributed by atoms with van der Waals surface area (Å²) >= 11 is 0. The van der Waals surface area contributed by atoms with E-state index in [0.29, 0.717) is 12.1 Å². The number of aromatic amines is 1. The lowest BCUT2D eigenvalue weighted by molar-refractivity contribution is 0.230. The number of hydrogen-bond acceptors (Lipinski definition) is 4. The summed E-state index contributed by atoms with van der Waals surface area (Å²) in [5.74, 6) is 0.273. The maximum absolute atomic E-state index is 9.40. The van der Waals surface area contributed by atoms with Crippen LogP contribution in [0.2, 0.25) is 0 Å². The van der Waals surface area contributed by atoms with E-state index in [1.807, 2.05) is 35.8 Å². The quantitative estimate of drug-likeness (QED) is 0.361. The molecule has 20 heavy (non-hydrogen) atoms. The predicted molar refractivity (Wildman–Crippen MR) is 75.7 cm³/mol. The number of nitrogens with one attached hydrogen (secondary N) is 2. The van der Waals surface area contributed by atoms with E-state index in [-0.39, 0.29) is 18.5 Å². The molecule has 106 valence electrons. The van der Waals surface area contributed by atoms with E-state index in [1.54, 1.807) is 6.20 Å². The average Bonchev–Trinajstić information content (AvgIpc) is 3.03. The Hall–Kier alpha value is -2.18. The van der Waals surface area contributed by atoms with Gasteiger partial charge in [-0.25, -0.2) is 4.98 Å². The lowest BCUT2D eigenvalue weighted by atomic mass is 10.1. The fourth-order valence-electron chi connectivity index (χ4n) is 1.90. The van der Waals surface area contributed by atoms with Gasteiger partial charge in [-0.1, -0.05) is 30.3 Å². The van der Waals surface area contributed by atoms with E-state index >= 15 is 0 Å². The summed E-state index contributed by atoms with van der Waals surface area (Å²) in [6.45, 7) is -0.0772. The van der Waals surface area contributed by atoms with Crippen molar-refractivity contribution < 1.29 is 10.3 Å². The molecule has 0 saturated heterocycles. The van der Waals surface area contributed by atoms with Gasteiger partial charge in [0.15, 0.2) is 5.84 Å². The number of rotatable bonds is 6. The van der Waals surface area contributed by atoms with Crippen LogP contribution < -0.4 is 5.48 Å². The van der Waals surface area contributed by atoms with Crippen molar-refractivity contribution in [2.75, 3.05) is 6.61 Å². The van der Waals surface area contributed by atoms with Crippen LogP contribution in [0.3, 0.4) is 0 Å². The molecule has 0 saturated carbocycles. The molecular formula is C14H18N4O2. The summed E-state index contributed by atoms with van der Waals surface area (Å²) in [6.07, 6.45) is 4.56. The minimum absolute atomic E-state index is 0.0772. The smallest absolute Gasteiger partial charge is 0.170 e. The molecule has 6 nitrogen and oxygen atoms in total.